The molecule has 0 saturated carbocycles. The number of aldehydes is 1. The summed E-state index contributed by atoms with van der Waals surface area (Å²) in [6, 6.07) is 1.62. The summed E-state index contributed by atoms with van der Waals surface area (Å²) < 4.78 is 43.6. The Morgan fingerprint density at radius 3 is 2.48 bits per heavy atom. The molecule has 0 aliphatic rings. The molecule has 1 aromatic heterocycles. The molecule has 5 nitrogen and oxygen atoms in total. The van der Waals surface area contributed by atoms with E-state index in [0.29, 0.717) is 6.29 Å². The first kappa shape index (κ1) is 17.2. The molecule has 0 unspecified atom stereocenters. The van der Waals surface area contributed by atoms with Gasteiger partial charge in [-0.15, -0.1) is 0 Å². The van der Waals surface area contributed by atoms with Crippen molar-refractivity contribution in [3.8, 4) is 0 Å². The monoisotopic (exact) mass is 346 g/mol. The van der Waals surface area contributed by atoms with Gasteiger partial charge in [-0.3, -0.25) is 10.1 Å². The van der Waals surface area contributed by atoms with Gasteiger partial charge in [0.2, 0.25) is 0 Å². The van der Waals surface area contributed by atoms with Crippen LogP contribution < -0.4 is 5.32 Å². The van der Waals surface area contributed by atoms with Gasteiger partial charge in [0.15, 0.2) is 11.4 Å². The summed E-state index contributed by atoms with van der Waals surface area (Å²) in [6.07, 6.45) is -5.05. The number of ether oxygens (including phenoxy) is 1. The fraction of sp³-hybridized carbons (Fsp3) is 0.357. The molecule has 0 radical (unpaired) electrons. The molecule has 1 heterocycles. The third-order valence-corrected chi connectivity index (χ3v) is 3.50. The number of carbonyl (C=O) groups excluding carboxylic acids is 2. The highest BCUT2D eigenvalue weighted by Gasteiger charge is 2.32. The SMILES string of the molecule is CC(C)(C)OC(=O)Nc1nc2c(C=O)cc(C(F)(F)F)cc2s1. The molecule has 0 spiro atoms. The van der Waals surface area contributed by atoms with Crippen LogP contribution in [0.5, 0.6) is 0 Å². The van der Waals surface area contributed by atoms with E-state index in [4.69, 9.17) is 4.74 Å². The van der Waals surface area contributed by atoms with Crippen molar-refractivity contribution in [1.82, 2.24) is 4.98 Å². The summed E-state index contributed by atoms with van der Waals surface area (Å²) in [6.45, 7) is 5.01. The van der Waals surface area contributed by atoms with Gasteiger partial charge in [0.05, 0.1) is 15.8 Å². The lowest BCUT2D eigenvalue weighted by Crippen LogP contribution is -2.27. The first-order valence-corrected chi connectivity index (χ1v) is 7.28. The predicted molar refractivity (Wildman–Crippen MR) is 79.9 cm³/mol. The van der Waals surface area contributed by atoms with Gasteiger partial charge in [0.25, 0.3) is 0 Å². The Morgan fingerprint density at radius 2 is 1.96 bits per heavy atom. The number of hydrogen-bond donors (Lipinski definition) is 1. The zero-order valence-corrected chi connectivity index (χ0v) is 13.3. The van der Waals surface area contributed by atoms with E-state index >= 15 is 0 Å². The highest BCUT2D eigenvalue weighted by Crippen LogP contribution is 2.36. The molecule has 0 atom stereocenters. The number of alkyl halides is 3. The number of halogens is 3. The first-order valence-electron chi connectivity index (χ1n) is 6.46. The minimum Gasteiger partial charge on any atom is -0.444 e. The fourth-order valence-electron chi connectivity index (χ4n) is 1.75. The van der Waals surface area contributed by atoms with Gasteiger partial charge in [-0.1, -0.05) is 11.3 Å². The molecule has 1 N–H and O–H groups in total. The second kappa shape index (κ2) is 5.80. The van der Waals surface area contributed by atoms with Gasteiger partial charge in [-0.2, -0.15) is 13.2 Å². The summed E-state index contributed by atoms with van der Waals surface area (Å²) in [5.41, 5.74) is -1.76. The molecule has 0 bridgehead atoms. The number of anilines is 1. The van der Waals surface area contributed by atoms with Gasteiger partial charge in [-0.25, -0.2) is 9.78 Å². The molecule has 0 saturated heterocycles. The molecule has 0 aliphatic carbocycles. The van der Waals surface area contributed by atoms with Crippen LogP contribution in [0.15, 0.2) is 12.1 Å². The van der Waals surface area contributed by atoms with E-state index in [0.717, 1.165) is 23.5 Å². The molecular formula is C14H13F3N2O3S. The maximum absolute atomic E-state index is 12.8. The molecule has 23 heavy (non-hydrogen) atoms. The maximum atomic E-state index is 12.8. The highest BCUT2D eigenvalue weighted by molar-refractivity contribution is 7.22. The number of rotatable bonds is 2. The van der Waals surface area contributed by atoms with E-state index < -0.39 is 23.4 Å². The van der Waals surface area contributed by atoms with Crippen molar-refractivity contribution >= 4 is 39.1 Å². The number of thiazole rings is 1. The van der Waals surface area contributed by atoms with Crippen molar-refractivity contribution in [2.45, 2.75) is 32.5 Å². The van der Waals surface area contributed by atoms with Gasteiger partial charge in [0, 0.05) is 5.56 Å². The summed E-state index contributed by atoms with van der Waals surface area (Å²) >= 11 is 0.829. The van der Waals surface area contributed by atoms with Crippen molar-refractivity contribution in [3.05, 3.63) is 23.3 Å². The number of carbonyl (C=O) groups is 2. The van der Waals surface area contributed by atoms with Gasteiger partial charge in [0.1, 0.15) is 5.60 Å². The average molecular weight is 346 g/mol. The zero-order chi connectivity index (χ0) is 17.4. The molecule has 0 aliphatic heterocycles. The predicted octanol–water partition coefficient (Wildman–Crippen LogP) is 4.47. The Hall–Kier alpha value is -2.16. The third-order valence-electron chi connectivity index (χ3n) is 2.59. The van der Waals surface area contributed by atoms with Crippen LogP contribution in [0, 0.1) is 0 Å². The van der Waals surface area contributed by atoms with Crippen LogP contribution in [0.1, 0.15) is 36.7 Å². The normalized spacial score (nSPS) is 12.3. The summed E-state index contributed by atoms with van der Waals surface area (Å²) in [4.78, 5) is 26.7. The molecule has 0 fully saturated rings. The van der Waals surface area contributed by atoms with E-state index in [9.17, 15) is 22.8 Å². The van der Waals surface area contributed by atoms with E-state index in [1.807, 2.05) is 0 Å². The van der Waals surface area contributed by atoms with E-state index in [-0.39, 0.29) is 20.9 Å². The second-order valence-electron chi connectivity index (χ2n) is 5.67. The minimum atomic E-state index is -4.57. The van der Waals surface area contributed by atoms with Crippen molar-refractivity contribution in [1.29, 1.82) is 0 Å². The number of fused-ring (bicyclic) bond motifs is 1. The molecule has 1 amide bonds. The smallest absolute Gasteiger partial charge is 0.416 e. The van der Waals surface area contributed by atoms with Crippen molar-refractivity contribution in [3.63, 3.8) is 0 Å². The highest BCUT2D eigenvalue weighted by atomic mass is 32.1. The van der Waals surface area contributed by atoms with Gasteiger partial charge < -0.3 is 4.74 Å². The quantitative estimate of drug-likeness (QED) is 0.815. The maximum Gasteiger partial charge on any atom is 0.416 e. The number of hydrogen-bond acceptors (Lipinski definition) is 5. The Kier molecular flexibility index (Phi) is 4.34. The standard InChI is InChI=1S/C14H13F3N2O3S/c1-13(2,3)22-12(21)19-11-18-10-7(6-20)4-8(14(15,16)17)5-9(10)23-11/h4-6H,1-3H3,(H,18,19,21). The van der Waals surface area contributed by atoms with Crippen molar-refractivity contribution in [2.24, 2.45) is 0 Å². The van der Waals surface area contributed by atoms with E-state index in [2.05, 4.69) is 10.3 Å². The van der Waals surface area contributed by atoms with Gasteiger partial charge in [-0.05, 0) is 32.9 Å². The second-order valence-corrected chi connectivity index (χ2v) is 6.70. The number of benzene rings is 1. The molecular weight excluding hydrogens is 333 g/mol. The van der Waals surface area contributed by atoms with Crippen LogP contribution in [0.2, 0.25) is 0 Å². The van der Waals surface area contributed by atoms with Crippen molar-refractivity contribution < 1.29 is 27.5 Å². The van der Waals surface area contributed by atoms with Crippen LogP contribution in [-0.4, -0.2) is 23.0 Å². The largest absolute Gasteiger partial charge is 0.444 e. The number of aromatic nitrogens is 1. The lowest BCUT2D eigenvalue weighted by Gasteiger charge is -2.18. The molecule has 9 heteroatoms. The molecule has 124 valence electrons. The summed E-state index contributed by atoms with van der Waals surface area (Å²) in [7, 11) is 0. The van der Waals surface area contributed by atoms with Crippen LogP contribution >= 0.6 is 11.3 Å². The Balaban J connectivity index is 2.38. The number of nitrogens with zero attached hydrogens (tertiary/aromatic N) is 1. The lowest BCUT2D eigenvalue weighted by atomic mass is 10.1. The number of nitrogens with one attached hydrogen (secondary N) is 1. The van der Waals surface area contributed by atoms with Crippen LogP contribution in [0.25, 0.3) is 10.2 Å². The summed E-state index contributed by atoms with van der Waals surface area (Å²) in [5.74, 6) is 0. The third kappa shape index (κ3) is 4.19. The minimum absolute atomic E-state index is 0.0525. The molecule has 2 aromatic rings. The zero-order valence-electron chi connectivity index (χ0n) is 12.4. The van der Waals surface area contributed by atoms with E-state index in [1.165, 1.54) is 0 Å². The number of amides is 1. The first-order chi connectivity index (χ1) is 10.5. The molecule has 1 aromatic carbocycles. The topological polar surface area (TPSA) is 68.3 Å². The average Bonchev–Trinajstić information content (AvgIpc) is 2.75. The Bertz CT molecular complexity index is 763. The van der Waals surface area contributed by atoms with Gasteiger partial charge >= 0.3 is 12.3 Å². The summed E-state index contributed by atoms with van der Waals surface area (Å²) in [5, 5.41) is 2.40. The lowest BCUT2D eigenvalue weighted by molar-refractivity contribution is -0.137. The van der Waals surface area contributed by atoms with Crippen LogP contribution in [-0.2, 0) is 10.9 Å². The molecule has 2 rings (SSSR count). The van der Waals surface area contributed by atoms with Crippen LogP contribution in [0.3, 0.4) is 0 Å². The fourth-order valence-corrected chi connectivity index (χ4v) is 2.68. The Labute approximate surface area is 133 Å². The Morgan fingerprint density at radius 1 is 1.30 bits per heavy atom. The van der Waals surface area contributed by atoms with Crippen LogP contribution in [0.4, 0.5) is 23.1 Å². The van der Waals surface area contributed by atoms with Crippen molar-refractivity contribution in [2.75, 3.05) is 5.32 Å². The van der Waals surface area contributed by atoms with E-state index in [1.54, 1.807) is 20.8 Å².